The van der Waals surface area contributed by atoms with Crippen molar-refractivity contribution in [2.45, 2.75) is 19.3 Å². The summed E-state index contributed by atoms with van der Waals surface area (Å²) in [5.74, 6) is 1.18. The topological polar surface area (TPSA) is 98.8 Å². The SMILES string of the molecule is COc1cccc2c(N3CCC(CCOP(O)O)CC3)c(C#N)cnc12. The first-order valence-corrected chi connectivity index (χ1v) is 9.72. The second-order valence-electron chi connectivity index (χ2n) is 6.29. The number of pyridine rings is 1. The lowest BCUT2D eigenvalue weighted by molar-refractivity contribution is 0.223. The highest BCUT2D eigenvalue weighted by Gasteiger charge is 2.24. The molecule has 0 amide bonds. The first-order chi connectivity index (χ1) is 12.6. The molecule has 138 valence electrons. The average molecular weight is 375 g/mol. The number of hydrogen-bond donors (Lipinski definition) is 2. The van der Waals surface area contributed by atoms with Gasteiger partial charge in [0.05, 0.1) is 25.0 Å². The fraction of sp³-hybridized carbons (Fsp3) is 0.444. The zero-order valence-corrected chi connectivity index (χ0v) is 15.5. The Morgan fingerprint density at radius 1 is 1.35 bits per heavy atom. The molecule has 8 heteroatoms. The lowest BCUT2D eigenvalue weighted by atomic mass is 9.93. The maximum atomic E-state index is 9.55. The first kappa shape index (κ1) is 18.8. The van der Waals surface area contributed by atoms with E-state index in [9.17, 15) is 5.26 Å². The van der Waals surface area contributed by atoms with Gasteiger partial charge in [0.25, 0.3) is 0 Å². The predicted molar refractivity (Wildman–Crippen MR) is 99.9 cm³/mol. The fourth-order valence-corrected chi connectivity index (χ4v) is 3.78. The van der Waals surface area contributed by atoms with Crippen LogP contribution in [-0.2, 0) is 4.52 Å². The molecule has 1 aliphatic rings. The van der Waals surface area contributed by atoms with Crippen molar-refractivity contribution in [2.24, 2.45) is 5.92 Å². The molecule has 2 aromatic rings. The molecule has 2 heterocycles. The lowest BCUT2D eigenvalue weighted by Gasteiger charge is -2.34. The van der Waals surface area contributed by atoms with Gasteiger partial charge in [-0.2, -0.15) is 5.26 Å². The van der Waals surface area contributed by atoms with Crippen LogP contribution in [0.3, 0.4) is 0 Å². The highest BCUT2D eigenvalue weighted by molar-refractivity contribution is 7.39. The minimum atomic E-state index is -2.27. The van der Waals surface area contributed by atoms with E-state index in [1.165, 1.54) is 0 Å². The monoisotopic (exact) mass is 375 g/mol. The van der Waals surface area contributed by atoms with Crippen LogP contribution in [0.25, 0.3) is 10.9 Å². The largest absolute Gasteiger partial charge is 0.494 e. The number of ether oxygens (including phenoxy) is 1. The molecule has 1 aromatic carbocycles. The summed E-state index contributed by atoms with van der Waals surface area (Å²) >= 11 is 0. The number of nitrogens with zero attached hydrogens (tertiary/aromatic N) is 3. The minimum Gasteiger partial charge on any atom is -0.494 e. The average Bonchev–Trinajstić information content (AvgIpc) is 2.67. The number of rotatable bonds is 6. The fourth-order valence-electron chi connectivity index (χ4n) is 3.52. The zero-order chi connectivity index (χ0) is 18.5. The number of piperidine rings is 1. The summed E-state index contributed by atoms with van der Waals surface area (Å²) in [5.41, 5.74) is 2.25. The van der Waals surface area contributed by atoms with Crippen LogP contribution in [0.15, 0.2) is 24.4 Å². The molecule has 0 unspecified atom stereocenters. The van der Waals surface area contributed by atoms with Crippen LogP contribution in [0.4, 0.5) is 5.69 Å². The van der Waals surface area contributed by atoms with Crippen LogP contribution in [0.1, 0.15) is 24.8 Å². The Hall–Kier alpha value is -1.97. The Bertz CT molecular complexity index is 801. The summed E-state index contributed by atoms with van der Waals surface area (Å²) in [6, 6.07) is 8.03. The van der Waals surface area contributed by atoms with Gasteiger partial charge in [0.2, 0.25) is 0 Å². The Morgan fingerprint density at radius 2 is 2.12 bits per heavy atom. The molecule has 1 aliphatic heterocycles. The van der Waals surface area contributed by atoms with Crippen LogP contribution in [0.2, 0.25) is 0 Å². The van der Waals surface area contributed by atoms with E-state index in [1.54, 1.807) is 13.3 Å². The van der Waals surface area contributed by atoms with Gasteiger partial charge in [-0.05, 0) is 31.2 Å². The molecule has 1 aromatic heterocycles. The maximum Gasteiger partial charge on any atom is 0.327 e. The molecule has 0 saturated carbocycles. The lowest BCUT2D eigenvalue weighted by Crippen LogP contribution is -2.34. The van der Waals surface area contributed by atoms with Crippen molar-refractivity contribution in [3.8, 4) is 11.8 Å². The summed E-state index contributed by atoms with van der Waals surface area (Å²) in [7, 11) is -0.651. The molecule has 1 fully saturated rings. The van der Waals surface area contributed by atoms with E-state index in [2.05, 4.69) is 16.0 Å². The van der Waals surface area contributed by atoms with E-state index < -0.39 is 8.60 Å². The van der Waals surface area contributed by atoms with Crippen LogP contribution in [-0.4, -0.2) is 41.6 Å². The van der Waals surface area contributed by atoms with Gasteiger partial charge in [0.1, 0.15) is 17.3 Å². The van der Waals surface area contributed by atoms with Gasteiger partial charge >= 0.3 is 8.60 Å². The second-order valence-corrected chi connectivity index (χ2v) is 7.06. The molecular weight excluding hydrogens is 353 g/mol. The van der Waals surface area contributed by atoms with Gasteiger partial charge in [-0.1, -0.05) is 12.1 Å². The Kier molecular flexibility index (Phi) is 6.23. The van der Waals surface area contributed by atoms with Crippen LogP contribution < -0.4 is 9.64 Å². The molecule has 2 N–H and O–H groups in total. The van der Waals surface area contributed by atoms with Gasteiger partial charge in [-0.15, -0.1) is 0 Å². The molecule has 0 bridgehead atoms. The van der Waals surface area contributed by atoms with E-state index in [0.717, 1.165) is 48.9 Å². The summed E-state index contributed by atoms with van der Waals surface area (Å²) in [4.78, 5) is 24.3. The quantitative estimate of drug-likeness (QED) is 0.749. The third-order valence-corrected chi connectivity index (χ3v) is 5.25. The third kappa shape index (κ3) is 4.05. The normalized spacial score (nSPS) is 15.4. The van der Waals surface area contributed by atoms with Crippen molar-refractivity contribution in [3.63, 3.8) is 0 Å². The van der Waals surface area contributed by atoms with Crippen molar-refractivity contribution < 1.29 is 19.0 Å². The van der Waals surface area contributed by atoms with E-state index in [1.807, 2.05) is 18.2 Å². The molecule has 0 atom stereocenters. The van der Waals surface area contributed by atoms with Gasteiger partial charge in [0.15, 0.2) is 0 Å². The van der Waals surface area contributed by atoms with Crippen molar-refractivity contribution in [1.29, 1.82) is 5.26 Å². The van der Waals surface area contributed by atoms with Crippen molar-refractivity contribution in [3.05, 3.63) is 30.0 Å². The Morgan fingerprint density at radius 3 is 2.77 bits per heavy atom. The molecular formula is C18H22N3O4P. The van der Waals surface area contributed by atoms with Gasteiger partial charge in [-0.25, -0.2) is 0 Å². The van der Waals surface area contributed by atoms with E-state index >= 15 is 0 Å². The smallest absolute Gasteiger partial charge is 0.327 e. The molecule has 0 spiro atoms. The van der Waals surface area contributed by atoms with Gasteiger partial charge < -0.3 is 23.9 Å². The zero-order valence-electron chi connectivity index (χ0n) is 14.6. The number of benzene rings is 1. The number of methoxy groups -OCH3 is 1. The summed E-state index contributed by atoms with van der Waals surface area (Å²) in [5, 5.41) is 10.5. The summed E-state index contributed by atoms with van der Waals surface area (Å²) in [6.45, 7) is 2.04. The number of hydrogen-bond acceptors (Lipinski definition) is 7. The van der Waals surface area contributed by atoms with Crippen LogP contribution in [0.5, 0.6) is 5.75 Å². The Labute approximate surface area is 153 Å². The number of nitriles is 1. The maximum absolute atomic E-state index is 9.55. The third-order valence-electron chi connectivity index (χ3n) is 4.84. The second kappa shape index (κ2) is 8.61. The van der Waals surface area contributed by atoms with Gasteiger partial charge in [0, 0.05) is 24.7 Å². The van der Waals surface area contributed by atoms with Gasteiger partial charge in [-0.3, -0.25) is 4.98 Å². The molecule has 26 heavy (non-hydrogen) atoms. The van der Waals surface area contributed by atoms with E-state index in [0.29, 0.717) is 23.8 Å². The van der Waals surface area contributed by atoms with Crippen molar-refractivity contribution >= 4 is 25.2 Å². The summed E-state index contributed by atoms with van der Waals surface area (Å²) < 4.78 is 10.3. The van der Waals surface area contributed by atoms with Crippen LogP contribution >= 0.6 is 8.60 Å². The number of fused-ring (bicyclic) bond motifs is 1. The van der Waals surface area contributed by atoms with E-state index in [4.69, 9.17) is 19.0 Å². The Balaban J connectivity index is 1.80. The molecule has 3 rings (SSSR count). The molecule has 0 radical (unpaired) electrons. The standard InChI is InChI=1S/C18H22N3O4P/c1-24-16-4-2-3-15-17(16)20-12-14(11-19)18(15)21-8-5-13(6-9-21)7-10-25-26(22)23/h2-4,12-13,22-23H,5-10H2,1H3. The van der Waals surface area contributed by atoms with Crippen molar-refractivity contribution in [1.82, 2.24) is 4.98 Å². The summed E-state index contributed by atoms with van der Waals surface area (Å²) in [6.07, 6.45) is 4.36. The first-order valence-electron chi connectivity index (χ1n) is 8.55. The highest BCUT2D eigenvalue weighted by Crippen LogP contribution is 2.36. The highest BCUT2D eigenvalue weighted by atomic mass is 31.2. The molecule has 0 aliphatic carbocycles. The number of anilines is 1. The molecule has 7 nitrogen and oxygen atoms in total. The number of para-hydroxylation sites is 1. The van der Waals surface area contributed by atoms with Crippen molar-refractivity contribution in [2.75, 3.05) is 31.7 Å². The molecule has 1 saturated heterocycles. The van der Waals surface area contributed by atoms with E-state index in [-0.39, 0.29) is 0 Å². The van der Waals surface area contributed by atoms with Crippen LogP contribution in [0, 0.1) is 17.2 Å². The number of aromatic nitrogens is 1. The predicted octanol–water partition coefficient (Wildman–Crippen LogP) is 2.95. The minimum absolute atomic E-state index is 0.363.